The van der Waals surface area contributed by atoms with Gasteiger partial charge in [-0.05, 0) is 37.5 Å². The number of amides is 1. The molecule has 0 aromatic carbocycles. The van der Waals surface area contributed by atoms with Crippen LogP contribution < -0.4 is 5.32 Å². The molecule has 2 fully saturated rings. The van der Waals surface area contributed by atoms with Gasteiger partial charge in [-0.2, -0.15) is 0 Å². The van der Waals surface area contributed by atoms with Crippen molar-refractivity contribution in [1.82, 2.24) is 5.32 Å². The second-order valence-corrected chi connectivity index (χ2v) is 6.01. The van der Waals surface area contributed by atoms with E-state index in [2.05, 4.69) is 17.5 Å². The van der Waals surface area contributed by atoms with E-state index in [0.29, 0.717) is 18.4 Å². The molecule has 0 spiro atoms. The maximum atomic E-state index is 12.4. The van der Waals surface area contributed by atoms with E-state index in [-0.39, 0.29) is 24.0 Å². The Morgan fingerprint density at radius 3 is 2.95 bits per heavy atom. The quantitative estimate of drug-likeness (QED) is 0.767. The van der Waals surface area contributed by atoms with Crippen molar-refractivity contribution in [2.45, 2.75) is 37.8 Å². The summed E-state index contributed by atoms with van der Waals surface area (Å²) in [5.74, 6) is 1.44. The molecule has 5 atom stereocenters. The summed E-state index contributed by atoms with van der Waals surface area (Å²) in [6, 6.07) is 0.00288. The Hall–Kier alpha value is -0.870. The molecule has 0 aromatic heterocycles. The number of carbonyl (C=O) groups is 1. The molecule has 1 amide bonds. The van der Waals surface area contributed by atoms with E-state index in [1.165, 1.54) is 0 Å². The van der Waals surface area contributed by atoms with Crippen LogP contribution in [0, 0.1) is 17.8 Å². The van der Waals surface area contributed by atoms with Gasteiger partial charge in [-0.1, -0.05) is 12.2 Å². The summed E-state index contributed by atoms with van der Waals surface area (Å²) in [5, 5.41) is 3.16. The number of nitrogens with one attached hydrogen (secondary N) is 1. The third-order valence-corrected chi connectivity index (χ3v) is 4.70. The minimum atomic E-state index is 0.00288. The number of allylic oxidation sites excluding steroid dienone is 2. The van der Waals surface area contributed by atoms with Crippen molar-refractivity contribution in [2.75, 3.05) is 20.3 Å². The third-order valence-electron chi connectivity index (χ3n) is 4.70. The minimum absolute atomic E-state index is 0.00288. The van der Waals surface area contributed by atoms with Crippen LogP contribution in [0.25, 0.3) is 0 Å². The number of methoxy groups -OCH3 is 1. The first-order chi connectivity index (χ1) is 9.28. The van der Waals surface area contributed by atoms with E-state index in [1.54, 1.807) is 7.11 Å². The Morgan fingerprint density at radius 1 is 1.47 bits per heavy atom. The molecule has 1 saturated heterocycles. The monoisotopic (exact) mass is 265 g/mol. The average Bonchev–Trinajstić information content (AvgIpc) is 3.14. The van der Waals surface area contributed by atoms with Gasteiger partial charge in [0, 0.05) is 19.6 Å². The van der Waals surface area contributed by atoms with Gasteiger partial charge in [0.2, 0.25) is 5.91 Å². The smallest absolute Gasteiger partial charge is 0.224 e. The number of fused-ring (bicyclic) bond motifs is 2. The molecule has 1 aliphatic heterocycles. The zero-order valence-corrected chi connectivity index (χ0v) is 11.5. The van der Waals surface area contributed by atoms with Crippen LogP contribution in [-0.2, 0) is 14.3 Å². The van der Waals surface area contributed by atoms with Crippen molar-refractivity contribution >= 4 is 5.91 Å². The van der Waals surface area contributed by atoms with Crippen molar-refractivity contribution in [2.24, 2.45) is 17.8 Å². The van der Waals surface area contributed by atoms with Crippen molar-refractivity contribution in [3.05, 3.63) is 12.2 Å². The number of ether oxygens (including phenoxy) is 2. The lowest BCUT2D eigenvalue weighted by Crippen LogP contribution is -2.48. The van der Waals surface area contributed by atoms with Crippen LogP contribution in [0.5, 0.6) is 0 Å². The molecule has 0 aromatic rings. The second kappa shape index (κ2) is 5.63. The number of rotatable bonds is 5. The lowest BCUT2D eigenvalue weighted by Gasteiger charge is -2.26. The highest BCUT2D eigenvalue weighted by atomic mass is 16.5. The van der Waals surface area contributed by atoms with Gasteiger partial charge in [-0.15, -0.1) is 0 Å². The molecule has 0 radical (unpaired) electrons. The normalized spacial score (nSPS) is 37.7. The fourth-order valence-corrected chi connectivity index (χ4v) is 3.71. The summed E-state index contributed by atoms with van der Waals surface area (Å²) in [4.78, 5) is 12.4. The van der Waals surface area contributed by atoms with E-state index in [9.17, 15) is 4.79 Å². The van der Waals surface area contributed by atoms with Crippen molar-refractivity contribution in [3.63, 3.8) is 0 Å². The standard InChI is InChI=1S/C15H23NO3/c1-18-9-13(14-3-2-6-19-14)16-15(17)12-8-10-4-5-11(12)7-10/h4-5,10-14H,2-3,6-9H2,1H3,(H,16,17)/t10-,11-,12-,13-,14-/m0/s1. The van der Waals surface area contributed by atoms with E-state index < -0.39 is 0 Å². The van der Waals surface area contributed by atoms with E-state index >= 15 is 0 Å². The van der Waals surface area contributed by atoms with Gasteiger partial charge < -0.3 is 14.8 Å². The number of hydrogen-bond donors (Lipinski definition) is 1. The molecule has 3 rings (SSSR count). The largest absolute Gasteiger partial charge is 0.382 e. The van der Waals surface area contributed by atoms with Crippen molar-refractivity contribution < 1.29 is 14.3 Å². The van der Waals surface area contributed by atoms with Crippen LogP contribution in [0.4, 0.5) is 0 Å². The fourth-order valence-electron chi connectivity index (χ4n) is 3.71. The van der Waals surface area contributed by atoms with Crippen LogP contribution in [0.1, 0.15) is 25.7 Å². The molecule has 1 saturated carbocycles. The summed E-state index contributed by atoms with van der Waals surface area (Å²) in [6.45, 7) is 1.34. The van der Waals surface area contributed by atoms with Crippen molar-refractivity contribution in [3.8, 4) is 0 Å². The number of hydrogen-bond acceptors (Lipinski definition) is 3. The Morgan fingerprint density at radius 2 is 2.37 bits per heavy atom. The van der Waals surface area contributed by atoms with Gasteiger partial charge in [0.15, 0.2) is 0 Å². The highest BCUT2D eigenvalue weighted by Gasteiger charge is 2.41. The zero-order valence-electron chi connectivity index (χ0n) is 11.5. The Bertz CT molecular complexity index is 362. The molecular weight excluding hydrogens is 242 g/mol. The maximum Gasteiger partial charge on any atom is 0.224 e. The third kappa shape index (κ3) is 2.70. The van der Waals surface area contributed by atoms with Gasteiger partial charge in [0.1, 0.15) is 0 Å². The molecule has 2 aliphatic carbocycles. The van der Waals surface area contributed by atoms with Gasteiger partial charge >= 0.3 is 0 Å². The average molecular weight is 265 g/mol. The molecular formula is C15H23NO3. The molecule has 0 unspecified atom stereocenters. The molecule has 106 valence electrons. The zero-order chi connectivity index (χ0) is 13.2. The fraction of sp³-hybridized carbons (Fsp3) is 0.800. The highest BCUT2D eigenvalue weighted by molar-refractivity contribution is 5.80. The topological polar surface area (TPSA) is 47.6 Å². The van der Waals surface area contributed by atoms with E-state index in [0.717, 1.165) is 32.3 Å². The number of carbonyl (C=O) groups excluding carboxylic acids is 1. The lowest BCUT2D eigenvalue weighted by atomic mass is 9.92. The Labute approximate surface area is 114 Å². The maximum absolute atomic E-state index is 12.4. The van der Waals surface area contributed by atoms with Gasteiger partial charge in [0.25, 0.3) is 0 Å². The summed E-state index contributed by atoms with van der Waals surface area (Å²) < 4.78 is 10.9. The predicted molar refractivity (Wildman–Crippen MR) is 71.6 cm³/mol. The molecule has 1 heterocycles. The Kier molecular flexibility index (Phi) is 3.89. The first-order valence-electron chi connectivity index (χ1n) is 7.37. The molecule has 2 bridgehead atoms. The van der Waals surface area contributed by atoms with Crippen LogP contribution >= 0.6 is 0 Å². The lowest BCUT2D eigenvalue weighted by molar-refractivity contribution is -0.128. The van der Waals surface area contributed by atoms with Crippen LogP contribution in [0.15, 0.2) is 12.2 Å². The second-order valence-electron chi connectivity index (χ2n) is 6.01. The van der Waals surface area contributed by atoms with Gasteiger partial charge in [-0.3, -0.25) is 4.79 Å². The Balaban J connectivity index is 1.58. The summed E-state index contributed by atoms with van der Waals surface area (Å²) in [5.41, 5.74) is 0. The summed E-state index contributed by atoms with van der Waals surface area (Å²) >= 11 is 0. The van der Waals surface area contributed by atoms with Gasteiger partial charge in [0.05, 0.1) is 18.8 Å². The predicted octanol–water partition coefficient (Wildman–Crippen LogP) is 1.51. The van der Waals surface area contributed by atoms with Crippen molar-refractivity contribution in [1.29, 1.82) is 0 Å². The first-order valence-corrected chi connectivity index (χ1v) is 7.37. The molecule has 19 heavy (non-hydrogen) atoms. The molecule has 1 N–H and O–H groups in total. The summed E-state index contributed by atoms with van der Waals surface area (Å²) in [6.07, 6.45) is 8.88. The van der Waals surface area contributed by atoms with Crippen LogP contribution in [0.3, 0.4) is 0 Å². The minimum Gasteiger partial charge on any atom is -0.382 e. The highest BCUT2D eigenvalue weighted by Crippen LogP contribution is 2.43. The van der Waals surface area contributed by atoms with Crippen LogP contribution in [0.2, 0.25) is 0 Å². The van der Waals surface area contributed by atoms with E-state index in [1.807, 2.05) is 0 Å². The SMILES string of the molecule is COC[C@H](NC(=O)[C@H]1C[C@H]2C=C[C@H]1C2)[C@@H]1CCCO1. The molecule has 3 aliphatic rings. The van der Waals surface area contributed by atoms with Gasteiger partial charge in [-0.25, -0.2) is 0 Å². The summed E-state index contributed by atoms with van der Waals surface area (Å²) in [7, 11) is 1.67. The molecule has 4 heteroatoms. The molecule has 4 nitrogen and oxygen atoms in total. The van der Waals surface area contributed by atoms with E-state index in [4.69, 9.17) is 9.47 Å². The van der Waals surface area contributed by atoms with Crippen LogP contribution in [-0.4, -0.2) is 38.4 Å². The first kappa shape index (κ1) is 13.1.